The van der Waals surface area contributed by atoms with Gasteiger partial charge in [0.25, 0.3) is 0 Å². The quantitative estimate of drug-likeness (QED) is 0.372. The Hall–Kier alpha value is -2.50. The number of rotatable bonds is 11. The lowest BCUT2D eigenvalue weighted by molar-refractivity contribution is 0.0695. The predicted molar refractivity (Wildman–Crippen MR) is 96.9 cm³/mol. The number of allylic oxidation sites excluding steroid dienone is 1. The molecule has 25 heavy (non-hydrogen) atoms. The number of ether oxygens (including phenoxy) is 1. The van der Waals surface area contributed by atoms with Gasteiger partial charge in [0.05, 0.1) is 11.9 Å². The molecular weight excluding hydrogens is 322 g/mol. The van der Waals surface area contributed by atoms with E-state index in [0.717, 1.165) is 19.3 Å². The van der Waals surface area contributed by atoms with Crippen LogP contribution < -0.4 is 5.32 Å². The third-order valence-corrected chi connectivity index (χ3v) is 3.74. The molecule has 0 heterocycles. The molecule has 0 saturated heterocycles. The molecule has 3 N–H and O–H groups in total. The topological polar surface area (TPSA) is 95.9 Å². The zero-order valence-corrected chi connectivity index (χ0v) is 14.7. The number of carbonyl (C=O) groups is 2. The minimum Gasteiger partial charge on any atom is -0.507 e. The fraction of sp³-hybridized carbons (Fsp3) is 0.474. The van der Waals surface area contributed by atoms with Gasteiger partial charge in [-0.3, -0.25) is 5.32 Å². The van der Waals surface area contributed by atoms with Crippen molar-refractivity contribution in [1.29, 1.82) is 0 Å². The molecule has 138 valence electrons. The number of carboxylic acid groups (broad SMARTS) is 1. The van der Waals surface area contributed by atoms with Crippen LogP contribution in [0, 0.1) is 0 Å². The molecule has 0 unspecified atom stereocenters. The van der Waals surface area contributed by atoms with E-state index in [-0.39, 0.29) is 11.3 Å². The van der Waals surface area contributed by atoms with E-state index in [1.807, 2.05) is 0 Å². The largest absolute Gasteiger partial charge is 0.507 e. The molecule has 1 aromatic carbocycles. The summed E-state index contributed by atoms with van der Waals surface area (Å²) in [4.78, 5) is 22.8. The fourth-order valence-corrected chi connectivity index (χ4v) is 2.41. The Balaban J connectivity index is 2.27. The van der Waals surface area contributed by atoms with Crippen LogP contribution in [0.5, 0.6) is 5.75 Å². The van der Waals surface area contributed by atoms with Gasteiger partial charge >= 0.3 is 12.1 Å². The lowest BCUT2D eigenvalue weighted by Gasteiger charge is -2.08. The van der Waals surface area contributed by atoms with E-state index >= 15 is 0 Å². The molecule has 0 atom stereocenters. The summed E-state index contributed by atoms with van der Waals surface area (Å²) < 4.78 is 4.88. The van der Waals surface area contributed by atoms with E-state index in [4.69, 9.17) is 9.84 Å². The van der Waals surface area contributed by atoms with Crippen molar-refractivity contribution >= 4 is 17.7 Å². The van der Waals surface area contributed by atoms with E-state index in [2.05, 4.69) is 12.2 Å². The molecule has 0 aliphatic heterocycles. The minimum atomic E-state index is -1.33. The standard InChI is InChI=1S/C19H27NO5/c1-2-3-4-5-6-7-8-9-10-14-25-19(24)20-15-12-11-13-16(21)17(15)18(22)23/h10-14,21H,2-9H2,1H3,(H,20,24)(H,22,23). The third kappa shape index (κ3) is 8.24. The molecule has 0 bridgehead atoms. The average molecular weight is 349 g/mol. The first-order chi connectivity index (χ1) is 12.1. The van der Waals surface area contributed by atoms with E-state index in [9.17, 15) is 14.7 Å². The Morgan fingerprint density at radius 1 is 1.12 bits per heavy atom. The number of aromatic hydroxyl groups is 1. The van der Waals surface area contributed by atoms with Crippen LogP contribution in [-0.4, -0.2) is 22.3 Å². The minimum absolute atomic E-state index is 0.0158. The highest BCUT2D eigenvalue weighted by Gasteiger charge is 2.16. The van der Waals surface area contributed by atoms with Crippen molar-refractivity contribution in [3.8, 4) is 5.75 Å². The molecule has 0 aliphatic carbocycles. The number of aromatic carboxylic acids is 1. The molecule has 0 radical (unpaired) electrons. The summed E-state index contributed by atoms with van der Waals surface area (Å²) in [5.74, 6) is -1.75. The summed E-state index contributed by atoms with van der Waals surface area (Å²) in [5, 5.41) is 20.9. The molecule has 0 aliphatic rings. The smallest absolute Gasteiger partial charge is 0.416 e. The van der Waals surface area contributed by atoms with Crippen molar-refractivity contribution in [3.63, 3.8) is 0 Å². The van der Waals surface area contributed by atoms with Crippen molar-refractivity contribution in [3.05, 3.63) is 36.1 Å². The van der Waals surface area contributed by atoms with Gasteiger partial charge in [0.15, 0.2) is 0 Å². The van der Waals surface area contributed by atoms with Crippen molar-refractivity contribution in [1.82, 2.24) is 0 Å². The van der Waals surface area contributed by atoms with Crippen LogP contribution in [0.1, 0.15) is 68.6 Å². The Labute approximate surface area is 148 Å². The Morgan fingerprint density at radius 3 is 2.48 bits per heavy atom. The lowest BCUT2D eigenvalue weighted by Crippen LogP contribution is -2.14. The molecule has 0 saturated carbocycles. The lowest BCUT2D eigenvalue weighted by atomic mass is 10.1. The number of nitrogens with one attached hydrogen (secondary N) is 1. The van der Waals surface area contributed by atoms with Crippen LogP contribution in [0.15, 0.2) is 30.5 Å². The number of hydrogen-bond donors (Lipinski definition) is 3. The first-order valence-electron chi connectivity index (χ1n) is 8.74. The van der Waals surface area contributed by atoms with Gasteiger partial charge in [0.1, 0.15) is 11.3 Å². The molecule has 0 fully saturated rings. The van der Waals surface area contributed by atoms with E-state index in [1.165, 1.54) is 56.6 Å². The maximum absolute atomic E-state index is 11.7. The second-order valence-electron chi connectivity index (χ2n) is 5.82. The highest BCUT2D eigenvalue weighted by Crippen LogP contribution is 2.25. The molecule has 1 aromatic rings. The van der Waals surface area contributed by atoms with Crippen LogP contribution in [0.4, 0.5) is 10.5 Å². The van der Waals surface area contributed by atoms with E-state index in [0.29, 0.717) is 0 Å². The Bertz CT molecular complexity index is 583. The van der Waals surface area contributed by atoms with Crippen LogP contribution >= 0.6 is 0 Å². The van der Waals surface area contributed by atoms with Gasteiger partial charge in [-0.15, -0.1) is 0 Å². The Morgan fingerprint density at radius 2 is 1.80 bits per heavy atom. The molecule has 0 spiro atoms. The maximum atomic E-state index is 11.7. The number of unbranched alkanes of at least 4 members (excludes halogenated alkanes) is 7. The van der Waals surface area contributed by atoms with Crippen LogP contribution in [0.25, 0.3) is 0 Å². The van der Waals surface area contributed by atoms with Gasteiger partial charge in [0.2, 0.25) is 0 Å². The summed E-state index contributed by atoms with van der Waals surface area (Å²) in [6, 6.07) is 4.06. The number of carbonyl (C=O) groups excluding carboxylic acids is 1. The van der Waals surface area contributed by atoms with Crippen LogP contribution in [-0.2, 0) is 4.74 Å². The zero-order valence-electron chi connectivity index (χ0n) is 14.7. The number of phenols is 1. The van der Waals surface area contributed by atoms with Crippen LogP contribution in [0.3, 0.4) is 0 Å². The van der Waals surface area contributed by atoms with Crippen molar-refractivity contribution in [2.75, 3.05) is 5.32 Å². The van der Waals surface area contributed by atoms with Gasteiger partial charge in [-0.2, -0.15) is 0 Å². The number of anilines is 1. The van der Waals surface area contributed by atoms with Crippen molar-refractivity contribution in [2.24, 2.45) is 0 Å². The zero-order chi connectivity index (χ0) is 18.5. The van der Waals surface area contributed by atoms with Gasteiger partial charge in [-0.05, 0) is 31.1 Å². The molecule has 1 amide bonds. The predicted octanol–water partition coefficient (Wildman–Crippen LogP) is 5.29. The third-order valence-electron chi connectivity index (χ3n) is 3.74. The molecular formula is C19H27NO5. The van der Waals surface area contributed by atoms with Gasteiger partial charge in [-0.25, -0.2) is 9.59 Å². The highest BCUT2D eigenvalue weighted by molar-refractivity contribution is 6.01. The summed E-state index contributed by atoms with van der Waals surface area (Å²) in [6.45, 7) is 2.20. The monoisotopic (exact) mass is 349 g/mol. The molecule has 6 heteroatoms. The summed E-state index contributed by atoms with van der Waals surface area (Å²) >= 11 is 0. The highest BCUT2D eigenvalue weighted by atomic mass is 16.5. The van der Waals surface area contributed by atoms with Gasteiger partial charge in [0, 0.05) is 0 Å². The summed E-state index contributed by atoms with van der Waals surface area (Å²) in [6.07, 6.45) is 11.6. The Kier molecular flexibility index (Phi) is 9.82. The van der Waals surface area contributed by atoms with Crippen molar-refractivity contribution < 1.29 is 24.5 Å². The SMILES string of the molecule is CCCCCCCCCC=COC(=O)Nc1cccc(O)c1C(=O)O. The van der Waals surface area contributed by atoms with Gasteiger partial charge < -0.3 is 14.9 Å². The van der Waals surface area contributed by atoms with Gasteiger partial charge in [-0.1, -0.05) is 51.5 Å². The van der Waals surface area contributed by atoms with E-state index < -0.39 is 17.8 Å². The second-order valence-corrected chi connectivity index (χ2v) is 5.82. The molecule has 0 aromatic heterocycles. The number of amides is 1. The molecule has 1 rings (SSSR count). The number of hydrogen-bond acceptors (Lipinski definition) is 4. The van der Waals surface area contributed by atoms with Crippen LogP contribution in [0.2, 0.25) is 0 Å². The number of benzene rings is 1. The fourth-order valence-electron chi connectivity index (χ4n) is 2.41. The maximum Gasteiger partial charge on any atom is 0.416 e. The summed E-state index contributed by atoms with van der Waals surface area (Å²) in [5.41, 5.74) is -0.385. The average Bonchev–Trinajstić information content (AvgIpc) is 2.56. The molecule has 6 nitrogen and oxygen atoms in total. The first kappa shape index (κ1) is 20.5. The normalized spacial score (nSPS) is 10.8. The van der Waals surface area contributed by atoms with E-state index in [1.54, 1.807) is 6.08 Å². The second kappa shape index (κ2) is 11.9. The summed E-state index contributed by atoms with van der Waals surface area (Å²) in [7, 11) is 0. The van der Waals surface area contributed by atoms with Crippen molar-refractivity contribution in [2.45, 2.75) is 58.3 Å². The number of carboxylic acids is 1. The first-order valence-corrected chi connectivity index (χ1v) is 8.74.